The van der Waals surface area contributed by atoms with Gasteiger partial charge in [-0.3, -0.25) is 0 Å². The average molecular weight is 334 g/mol. The van der Waals surface area contributed by atoms with Gasteiger partial charge < -0.3 is 10.5 Å². The van der Waals surface area contributed by atoms with E-state index >= 15 is 0 Å². The van der Waals surface area contributed by atoms with Crippen LogP contribution < -0.4 is 10.5 Å². The number of halogens is 2. The molecule has 80 valence electrons. The zero-order valence-corrected chi connectivity index (χ0v) is 11.3. The molecule has 1 rings (SSSR count). The van der Waals surface area contributed by atoms with Crippen molar-refractivity contribution >= 4 is 31.9 Å². The van der Waals surface area contributed by atoms with Crippen molar-refractivity contribution in [2.24, 2.45) is 5.73 Å². The molecule has 5 heteroatoms. The third kappa shape index (κ3) is 3.20. The second kappa shape index (κ2) is 5.50. The summed E-state index contributed by atoms with van der Waals surface area (Å²) in [6, 6.07) is 5.77. The van der Waals surface area contributed by atoms with Gasteiger partial charge in [0.15, 0.2) is 6.10 Å². The molecule has 1 aromatic rings. The lowest BCUT2D eigenvalue weighted by Gasteiger charge is -2.12. The fourth-order valence-corrected chi connectivity index (χ4v) is 2.51. The maximum atomic E-state index is 8.65. The molecule has 0 aliphatic carbocycles. The largest absolute Gasteiger partial charge is 0.474 e. The summed E-state index contributed by atoms with van der Waals surface area (Å²) >= 11 is 6.75. The predicted molar refractivity (Wildman–Crippen MR) is 65.4 cm³/mol. The minimum absolute atomic E-state index is 0.464. The molecule has 2 N–H and O–H groups in total. The van der Waals surface area contributed by atoms with Gasteiger partial charge in [0.1, 0.15) is 11.8 Å². The summed E-state index contributed by atoms with van der Waals surface area (Å²) < 4.78 is 7.01. The van der Waals surface area contributed by atoms with E-state index in [9.17, 15) is 0 Å². The number of hydrogen-bond acceptors (Lipinski definition) is 3. The second-order valence-corrected chi connectivity index (χ2v) is 4.69. The number of hydrogen-bond donors (Lipinski definition) is 1. The van der Waals surface area contributed by atoms with Gasteiger partial charge in [0.25, 0.3) is 0 Å². The van der Waals surface area contributed by atoms with E-state index in [1.165, 1.54) is 0 Å². The quantitative estimate of drug-likeness (QED) is 0.925. The van der Waals surface area contributed by atoms with Gasteiger partial charge in [-0.1, -0.05) is 0 Å². The zero-order chi connectivity index (χ0) is 11.4. The first-order chi connectivity index (χ1) is 7.08. The summed E-state index contributed by atoms with van der Waals surface area (Å²) in [5.74, 6) is 0.626. The van der Waals surface area contributed by atoms with Crippen molar-refractivity contribution in [3.8, 4) is 11.8 Å². The maximum Gasteiger partial charge on any atom is 0.181 e. The Morgan fingerprint density at radius 3 is 2.40 bits per heavy atom. The molecule has 0 aliphatic heterocycles. The van der Waals surface area contributed by atoms with Crippen LogP contribution in [0, 0.1) is 11.3 Å². The van der Waals surface area contributed by atoms with E-state index in [1.54, 1.807) is 6.92 Å². The Balaban J connectivity index is 3.04. The smallest absolute Gasteiger partial charge is 0.181 e. The Labute approximate surface area is 105 Å². The normalized spacial score (nSPS) is 11.9. The second-order valence-electron chi connectivity index (χ2n) is 2.98. The molecule has 0 radical (unpaired) electrons. The Morgan fingerprint density at radius 1 is 1.47 bits per heavy atom. The van der Waals surface area contributed by atoms with Crippen LogP contribution in [0.5, 0.6) is 5.75 Å². The first-order valence-corrected chi connectivity index (χ1v) is 5.91. The lowest BCUT2D eigenvalue weighted by atomic mass is 10.2. The highest BCUT2D eigenvalue weighted by Gasteiger charge is 2.11. The van der Waals surface area contributed by atoms with Crippen LogP contribution in [0.15, 0.2) is 21.1 Å². The maximum absolute atomic E-state index is 8.65. The molecule has 1 unspecified atom stereocenters. The van der Waals surface area contributed by atoms with Gasteiger partial charge >= 0.3 is 0 Å². The Bertz CT molecular complexity index is 378. The van der Waals surface area contributed by atoms with E-state index in [-0.39, 0.29) is 0 Å². The Hall–Kier alpha value is -0.570. The fraction of sp³-hybridized carbons (Fsp3) is 0.300. The third-order valence-corrected chi connectivity index (χ3v) is 2.95. The van der Waals surface area contributed by atoms with Crippen LogP contribution in [0.25, 0.3) is 0 Å². The number of nitrogens with two attached hydrogens (primary N) is 1. The van der Waals surface area contributed by atoms with Crippen molar-refractivity contribution in [3.63, 3.8) is 0 Å². The molecule has 0 amide bonds. The van der Waals surface area contributed by atoms with Crippen LogP contribution in [0.2, 0.25) is 0 Å². The molecule has 0 saturated carbocycles. The van der Waals surface area contributed by atoms with Crippen molar-refractivity contribution < 1.29 is 4.74 Å². The van der Waals surface area contributed by atoms with Crippen molar-refractivity contribution in [2.75, 3.05) is 0 Å². The van der Waals surface area contributed by atoms with E-state index < -0.39 is 6.10 Å². The molecule has 15 heavy (non-hydrogen) atoms. The highest BCUT2D eigenvalue weighted by molar-refractivity contribution is 9.11. The van der Waals surface area contributed by atoms with Crippen molar-refractivity contribution in [3.05, 3.63) is 26.6 Å². The van der Waals surface area contributed by atoms with Crippen LogP contribution in [-0.2, 0) is 6.54 Å². The topological polar surface area (TPSA) is 59.0 Å². The fourth-order valence-electron chi connectivity index (χ4n) is 1.05. The highest BCUT2D eigenvalue weighted by Crippen LogP contribution is 2.35. The SMILES string of the molecule is CC(C#N)Oc1c(Br)cc(CN)cc1Br. The first kappa shape index (κ1) is 12.5. The lowest BCUT2D eigenvalue weighted by molar-refractivity contribution is 0.273. The van der Waals surface area contributed by atoms with Crippen LogP contribution in [-0.4, -0.2) is 6.10 Å². The molecule has 0 heterocycles. The minimum Gasteiger partial charge on any atom is -0.474 e. The molecular formula is C10H10Br2N2O. The van der Waals surface area contributed by atoms with Crippen LogP contribution in [0.3, 0.4) is 0 Å². The van der Waals surface area contributed by atoms with E-state index in [1.807, 2.05) is 18.2 Å². The number of nitriles is 1. The van der Waals surface area contributed by atoms with Gasteiger partial charge in [0.2, 0.25) is 0 Å². The lowest BCUT2D eigenvalue weighted by Crippen LogP contribution is -2.09. The van der Waals surface area contributed by atoms with Gasteiger partial charge in [0, 0.05) is 6.54 Å². The number of ether oxygens (including phenoxy) is 1. The summed E-state index contributed by atoms with van der Waals surface area (Å²) in [5, 5.41) is 8.65. The highest BCUT2D eigenvalue weighted by atomic mass is 79.9. The van der Waals surface area contributed by atoms with Gasteiger partial charge in [-0.2, -0.15) is 5.26 Å². The van der Waals surface area contributed by atoms with Crippen LogP contribution >= 0.6 is 31.9 Å². The summed E-state index contributed by atoms with van der Waals surface area (Å²) in [4.78, 5) is 0. The first-order valence-electron chi connectivity index (χ1n) is 4.32. The molecule has 1 atom stereocenters. The zero-order valence-electron chi connectivity index (χ0n) is 8.13. The summed E-state index contributed by atoms with van der Waals surface area (Å²) in [7, 11) is 0. The average Bonchev–Trinajstić information content (AvgIpc) is 2.22. The van der Waals surface area contributed by atoms with Crippen molar-refractivity contribution in [1.29, 1.82) is 5.26 Å². The van der Waals surface area contributed by atoms with Crippen molar-refractivity contribution in [1.82, 2.24) is 0 Å². The van der Waals surface area contributed by atoms with E-state index in [0.29, 0.717) is 12.3 Å². The molecule has 1 aromatic carbocycles. The van der Waals surface area contributed by atoms with Gasteiger partial charge in [-0.05, 0) is 56.5 Å². The predicted octanol–water partition coefficient (Wildman–Crippen LogP) is 2.96. The number of benzene rings is 1. The summed E-state index contributed by atoms with van der Waals surface area (Å²) in [6.07, 6.45) is -0.485. The Kier molecular flexibility index (Phi) is 4.58. The minimum atomic E-state index is -0.485. The van der Waals surface area contributed by atoms with Crippen LogP contribution in [0.1, 0.15) is 12.5 Å². The van der Waals surface area contributed by atoms with Crippen molar-refractivity contribution in [2.45, 2.75) is 19.6 Å². The van der Waals surface area contributed by atoms with E-state index in [2.05, 4.69) is 31.9 Å². The van der Waals surface area contributed by atoms with Gasteiger partial charge in [0.05, 0.1) is 8.95 Å². The number of nitrogens with zero attached hydrogens (tertiary/aromatic N) is 1. The molecule has 0 bridgehead atoms. The molecular weight excluding hydrogens is 324 g/mol. The molecule has 3 nitrogen and oxygen atoms in total. The van der Waals surface area contributed by atoms with Crippen LogP contribution in [0.4, 0.5) is 0 Å². The number of rotatable bonds is 3. The molecule has 0 fully saturated rings. The molecule has 0 saturated heterocycles. The Morgan fingerprint density at radius 2 is 2.00 bits per heavy atom. The van der Waals surface area contributed by atoms with Gasteiger partial charge in [-0.25, -0.2) is 0 Å². The summed E-state index contributed by atoms with van der Waals surface area (Å²) in [5.41, 5.74) is 6.52. The molecule has 0 aromatic heterocycles. The molecule has 0 aliphatic rings. The van der Waals surface area contributed by atoms with E-state index in [0.717, 1.165) is 14.5 Å². The van der Waals surface area contributed by atoms with E-state index in [4.69, 9.17) is 15.7 Å². The molecule has 0 spiro atoms. The standard InChI is InChI=1S/C10H10Br2N2O/c1-6(4-13)15-10-8(11)2-7(5-14)3-9(10)12/h2-3,6H,5,14H2,1H3. The third-order valence-electron chi connectivity index (χ3n) is 1.77. The summed E-state index contributed by atoms with van der Waals surface area (Å²) in [6.45, 7) is 2.15. The van der Waals surface area contributed by atoms with Gasteiger partial charge in [-0.15, -0.1) is 0 Å². The monoisotopic (exact) mass is 332 g/mol.